The molecule has 0 radical (unpaired) electrons. The first kappa shape index (κ1) is 15.8. The van der Waals surface area contributed by atoms with E-state index in [2.05, 4.69) is 5.10 Å². The number of rotatable bonds is 2. The Morgan fingerprint density at radius 3 is 2.48 bits per heavy atom. The Kier molecular flexibility index (Phi) is 3.58. The Balaban J connectivity index is 2.19. The third-order valence-corrected chi connectivity index (χ3v) is 4.26. The number of benzene rings is 1. The summed E-state index contributed by atoms with van der Waals surface area (Å²) < 4.78 is 39.4. The average molecular weight is 322 g/mol. The molecule has 1 heterocycles. The van der Waals surface area contributed by atoms with E-state index in [0.29, 0.717) is 35.4 Å². The summed E-state index contributed by atoms with van der Waals surface area (Å²) in [5, 5.41) is 4.14. The molecule has 0 saturated heterocycles. The molecule has 0 fully saturated rings. The van der Waals surface area contributed by atoms with E-state index in [4.69, 9.17) is 0 Å². The number of aromatic nitrogens is 2. The molecule has 0 atom stereocenters. The lowest BCUT2D eigenvalue weighted by molar-refractivity contribution is -0.143. The topological polar surface area (TPSA) is 34.9 Å². The number of Topliss-reactive ketones (excluding diaryl/α,β-unsaturated/α-hetero) is 1. The predicted molar refractivity (Wildman–Crippen MR) is 80.2 cm³/mol. The van der Waals surface area contributed by atoms with Crippen molar-refractivity contribution in [3.63, 3.8) is 0 Å². The number of nitrogens with zero attached hydrogens (tertiary/aromatic N) is 2. The van der Waals surface area contributed by atoms with Crippen molar-refractivity contribution in [1.29, 1.82) is 0 Å². The van der Waals surface area contributed by atoms with Crippen LogP contribution < -0.4 is 0 Å². The molecule has 1 aromatic heterocycles. The molecule has 0 unspecified atom stereocenters. The lowest BCUT2D eigenvalue weighted by Gasteiger charge is -2.28. The lowest BCUT2D eigenvalue weighted by atomic mass is 9.74. The molecule has 0 N–H and O–H groups in total. The summed E-state index contributed by atoms with van der Waals surface area (Å²) in [5.74, 6) is -0.133. The van der Waals surface area contributed by atoms with Gasteiger partial charge in [0.05, 0.1) is 11.3 Å². The van der Waals surface area contributed by atoms with Crippen molar-refractivity contribution in [2.75, 3.05) is 0 Å². The Labute approximate surface area is 132 Å². The monoisotopic (exact) mass is 322 g/mol. The molecule has 122 valence electrons. The minimum absolute atomic E-state index is 0.133. The fourth-order valence-corrected chi connectivity index (χ4v) is 2.97. The first-order chi connectivity index (χ1) is 10.7. The predicted octanol–water partition coefficient (Wildman–Crippen LogP) is 4.27. The van der Waals surface area contributed by atoms with Crippen molar-refractivity contribution >= 4 is 5.78 Å². The zero-order chi connectivity index (χ0) is 16.8. The van der Waals surface area contributed by atoms with Gasteiger partial charge in [0.15, 0.2) is 5.78 Å². The number of hydrogen-bond acceptors (Lipinski definition) is 2. The summed E-state index contributed by atoms with van der Waals surface area (Å²) in [6.45, 7) is 2.48. The van der Waals surface area contributed by atoms with E-state index in [1.807, 2.05) is 19.9 Å². The maximum Gasteiger partial charge on any atom is 0.408 e. The van der Waals surface area contributed by atoms with E-state index < -0.39 is 18.1 Å². The Hall–Kier alpha value is -2.11. The fourth-order valence-electron chi connectivity index (χ4n) is 2.97. The van der Waals surface area contributed by atoms with Gasteiger partial charge in [-0.3, -0.25) is 9.48 Å². The zero-order valence-corrected chi connectivity index (χ0v) is 12.9. The number of ketones is 1. The van der Waals surface area contributed by atoms with Gasteiger partial charge in [0.25, 0.3) is 0 Å². The number of alkyl halides is 3. The van der Waals surface area contributed by atoms with Crippen LogP contribution in [-0.4, -0.2) is 21.7 Å². The van der Waals surface area contributed by atoms with Gasteiger partial charge in [-0.2, -0.15) is 18.3 Å². The first-order valence-electron chi connectivity index (χ1n) is 7.46. The fraction of sp³-hybridized carbons (Fsp3) is 0.412. The minimum atomic E-state index is -4.37. The Morgan fingerprint density at radius 1 is 1.22 bits per heavy atom. The number of hydrogen-bond donors (Lipinski definition) is 0. The Bertz CT molecular complexity index is 745. The molecule has 0 aliphatic heterocycles. The van der Waals surface area contributed by atoms with Crippen molar-refractivity contribution in [2.45, 2.75) is 39.4 Å². The molecule has 0 saturated carbocycles. The molecule has 0 spiro atoms. The van der Waals surface area contributed by atoms with Crippen LogP contribution in [-0.2, 0) is 13.0 Å². The van der Waals surface area contributed by atoms with Crippen LogP contribution in [0.15, 0.2) is 30.3 Å². The average Bonchev–Trinajstić information content (AvgIpc) is 2.81. The van der Waals surface area contributed by atoms with Crippen LogP contribution in [0.25, 0.3) is 11.3 Å². The summed E-state index contributed by atoms with van der Waals surface area (Å²) in [6, 6.07) is 8.89. The van der Waals surface area contributed by atoms with Crippen molar-refractivity contribution in [3.05, 3.63) is 41.6 Å². The van der Waals surface area contributed by atoms with E-state index in [1.165, 1.54) is 0 Å². The van der Waals surface area contributed by atoms with Gasteiger partial charge in [-0.05, 0) is 12.8 Å². The van der Waals surface area contributed by atoms with Gasteiger partial charge in [0.2, 0.25) is 0 Å². The molecular weight excluding hydrogens is 305 g/mol. The van der Waals surface area contributed by atoms with Crippen LogP contribution in [0.1, 0.15) is 36.3 Å². The molecule has 23 heavy (non-hydrogen) atoms. The largest absolute Gasteiger partial charge is 0.408 e. The second-order valence-corrected chi connectivity index (χ2v) is 6.52. The normalized spacial score (nSPS) is 17.2. The second-order valence-electron chi connectivity index (χ2n) is 6.52. The zero-order valence-electron chi connectivity index (χ0n) is 12.9. The van der Waals surface area contributed by atoms with Gasteiger partial charge in [0, 0.05) is 11.0 Å². The molecule has 2 aromatic rings. The van der Waals surface area contributed by atoms with Crippen molar-refractivity contribution in [2.24, 2.45) is 5.41 Å². The smallest absolute Gasteiger partial charge is 0.293 e. The summed E-state index contributed by atoms with van der Waals surface area (Å²) >= 11 is 0. The van der Waals surface area contributed by atoms with Crippen LogP contribution in [0.3, 0.4) is 0 Å². The SMILES string of the molecule is CC1(C)CCc2c(c(-c3ccccc3)nn2CC(F)(F)F)C1=O. The van der Waals surface area contributed by atoms with Crippen molar-refractivity contribution < 1.29 is 18.0 Å². The van der Waals surface area contributed by atoms with Gasteiger partial charge in [-0.15, -0.1) is 0 Å². The third kappa shape index (κ3) is 2.90. The number of carbonyl (C=O) groups excluding carboxylic acids is 1. The van der Waals surface area contributed by atoms with Gasteiger partial charge >= 0.3 is 6.18 Å². The first-order valence-corrected chi connectivity index (χ1v) is 7.46. The van der Waals surface area contributed by atoms with Gasteiger partial charge in [-0.1, -0.05) is 44.2 Å². The van der Waals surface area contributed by atoms with Crippen LogP contribution in [0.4, 0.5) is 13.2 Å². The van der Waals surface area contributed by atoms with Gasteiger partial charge in [0.1, 0.15) is 12.2 Å². The summed E-state index contributed by atoms with van der Waals surface area (Å²) in [4.78, 5) is 12.8. The highest BCUT2D eigenvalue weighted by Crippen LogP contribution is 2.39. The maximum absolute atomic E-state index is 12.8. The van der Waals surface area contributed by atoms with Crippen molar-refractivity contribution in [3.8, 4) is 11.3 Å². The molecular formula is C17H17F3N2O. The summed E-state index contributed by atoms with van der Waals surface area (Å²) in [6.07, 6.45) is -3.43. The van der Waals surface area contributed by atoms with E-state index in [9.17, 15) is 18.0 Å². The van der Waals surface area contributed by atoms with Crippen molar-refractivity contribution in [1.82, 2.24) is 9.78 Å². The highest BCUT2D eigenvalue weighted by Gasteiger charge is 2.40. The number of fused-ring (bicyclic) bond motifs is 1. The van der Waals surface area contributed by atoms with E-state index in [1.54, 1.807) is 24.3 Å². The van der Waals surface area contributed by atoms with Gasteiger partial charge in [-0.25, -0.2) is 0 Å². The molecule has 1 aliphatic carbocycles. The minimum Gasteiger partial charge on any atom is -0.293 e. The van der Waals surface area contributed by atoms with Crippen LogP contribution in [0, 0.1) is 5.41 Å². The second kappa shape index (κ2) is 5.22. The van der Waals surface area contributed by atoms with E-state index in [0.717, 1.165) is 4.68 Å². The van der Waals surface area contributed by atoms with Crippen LogP contribution in [0.5, 0.6) is 0 Å². The number of halogens is 3. The third-order valence-electron chi connectivity index (χ3n) is 4.26. The summed E-state index contributed by atoms with van der Waals surface area (Å²) in [5.41, 5.74) is 1.17. The Morgan fingerprint density at radius 2 is 1.87 bits per heavy atom. The standard InChI is InChI=1S/C17H17F3N2O/c1-16(2)9-8-12-13(15(16)23)14(11-6-4-3-5-7-11)21-22(12)10-17(18,19)20/h3-7H,8-10H2,1-2H3. The highest BCUT2D eigenvalue weighted by molar-refractivity contribution is 6.06. The van der Waals surface area contributed by atoms with Crippen LogP contribution >= 0.6 is 0 Å². The lowest BCUT2D eigenvalue weighted by Crippen LogP contribution is -2.31. The molecule has 0 amide bonds. The molecule has 1 aliphatic rings. The van der Waals surface area contributed by atoms with E-state index >= 15 is 0 Å². The van der Waals surface area contributed by atoms with E-state index in [-0.39, 0.29) is 5.78 Å². The molecule has 0 bridgehead atoms. The molecule has 3 rings (SSSR count). The molecule has 6 heteroatoms. The number of carbonyl (C=O) groups is 1. The quantitative estimate of drug-likeness (QED) is 0.828. The van der Waals surface area contributed by atoms with Gasteiger partial charge < -0.3 is 0 Å². The highest BCUT2D eigenvalue weighted by atomic mass is 19.4. The molecule has 3 nitrogen and oxygen atoms in total. The maximum atomic E-state index is 12.8. The summed E-state index contributed by atoms with van der Waals surface area (Å²) in [7, 11) is 0. The van der Waals surface area contributed by atoms with Crippen LogP contribution in [0.2, 0.25) is 0 Å². The molecule has 1 aromatic carbocycles.